The highest BCUT2D eigenvalue weighted by Crippen LogP contribution is 2.46. The molecule has 0 amide bonds. The van der Waals surface area contributed by atoms with E-state index in [9.17, 15) is 0 Å². The molecule has 0 bridgehead atoms. The lowest BCUT2D eigenvalue weighted by Gasteiger charge is -2.34. The first-order chi connectivity index (χ1) is 6.82. The number of para-hydroxylation sites is 1. The fourth-order valence-corrected chi connectivity index (χ4v) is 2.69. The number of benzene rings is 1. The van der Waals surface area contributed by atoms with E-state index < -0.39 is 0 Å². The molecule has 74 valence electrons. The first-order valence-electron chi connectivity index (χ1n) is 5.73. The summed E-state index contributed by atoms with van der Waals surface area (Å²) < 4.78 is 1.22. The summed E-state index contributed by atoms with van der Waals surface area (Å²) in [6.07, 6.45) is 5.73. The van der Waals surface area contributed by atoms with Gasteiger partial charge in [-0.3, -0.25) is 4.48 Å². The Bertz CT molecular complexity index is 310. The maximum Gasteiger partial charge on any atom is 0.133 e. The van der Waals surface area contributed by atoms with E-state index in [4.69, 9.17) is 0 Å². The monoisotopic (exact) mass is 188 g/mol. The normalized spacial score (nSPS) is 22.4. The van der Waals surface area contributed by atoms with E-state index in [0.717, 1.165) is 12.1 Å². The molecule has 0 saturated heterocycles. The molecule has 0 atom stereocenters. The second kappa shape index (κ2) is 2.83. The molecule has 0 radical (unpaired) electrons. The highest BCUT2D eigenvalue weighted by atomic mass is 15.4. The van der Waals surface area contributed by atoms with Crippen LogP contribution in [0.25, 0.3) is 0 Å². The van der Waals surface area contributed by atoms with Crippen molar-refractivity contribution in [3.8, 4) is 0 Å². The Morgan fingerprint density at radius 3 is 1.86 bits per heavy atom. The van der Waals surface area contributed by atoms with Crippen molar-refractivity contribution in [1.29, 1.82) is 0 Å². The minimum atomic E-state index is 0.921. The van der Waals surface area contributed by atoms with Gasteiger partial charge in [0.1, 0.15) is 5.69 Å². The fourth-order valence-electron chi connectivity index (χ4n) is 2.69. The molecule has 0 N–H and O–H groups in total. The van der Waals surface area contributed by atoms with Crippen molar-refractivity contribution in [3.05, 3.63) is 30.3 Å². The molecule has 2 aliphatic carbocycles. The average Bonchev–Trinajstić information content (AvgIpc) is 3.06. The summed E-state index contributed by atoms with van der Waals surface area (Å²) in [5, 5.41) is 0. The van der Waals surface area contributed by atoms with Gasteiger partial charge >= 0.3 is 0 Å². The van der Waals surface area contributed by atoms with Gasteiger partial charge in [-0.25, -0.2) is 0 Å². The molecule has 2 aliphatic rings. The summed E-state index contributed by atoms with van der Waals surface area (Å²) in [7, 11) is 2.44. The van der Waals surface area contributed by atoms with Crippen LogP contribution in [-0.2, 0) is 0 Å². The second-order valence-electron chi connectivity index (χ2n) is 4.95. The van der Waals surface area contributed by atoms with Gasteiger partial charge in [0, 0.05) is 25.7 Å². The topological polar surface area (TPSA) is 0 Å². The number of rotatable bonds is 3. The highest BCUT2D eigenvalue weighted by Gasteiger charge is 2.52. The predicted molar refractivity (Wildman–Crippen MR) is 60.2 cm³/mol. The van der Waals surface area contributed by atoms with E-state index in [2.05, 4.69) is 37.4 Å². The number of hydrogen-bond acceptors (Lipinski definition) is 0. The maximum absolute atomic E-state index is 2.44. The van der Waals surface area contributed by atoms with Gasteiger partial charge < -0.3 is 0 Å². The minimum absolute atomic E-state index is 0.921. The van der Waals surface area contributed by atoms with Gasteiger partial charge in [-0.1, -0.05) is 18.2 Å². The quantitative estimate of drug-likeness (QED) is 0.640. The number of quaternary nitrogens is 1. The molecule has 14 heavy (non-hydrogen) atoms. The van der Waals surface area contributed by atoms with Crippen LogP contribution >= 0.6 is 0 Å². The third-order valence-corrected chi connectivity index (χ3v) is 3.92. The highest BCUT2D eigenvalue weighted by molar-refractivity contribution is 5.45. The summed E-state index contributed by atoms with van der Waals surface area (Å²) in [6.45, 7) is 0. The van der Waals surface area contributed by atoms with Crippen LogP contribution in [0.5, 0.6) is 0 Å². The van der Waals surface area contributed by atoms with Gasteiger partial charge in [-0.2, -0.15) is 0 Å². The summed E-state index contributed by atoms with van der Waals surface area (Å²) in [4.78, 5) is 0. The lowest BCUT2D eigenvalue weighted by molar-refractivity contribution is 0.309. The first-order valence-corrected chi connectivity index (χ1v) is 5.73. The molecular formula is C13H18N+. The van der Waals surface area contributed by atoms with E-state index in [1.807, 2.05) is 0 Å². The summed E-state index contributed by atoms with van der Waals surface area (Å²) in [6, 6.07) is 12.9. The molecule has 2 fully saturated rings. The Labute approximate surface area is 85.9 Å². The van der Waals surface area contributed by atoms with Crippen LogP contribution in [0.15, 0.2) is 30.3 Å². The Hall–Kier alpha value is -0.820. The van der Waals surface area contributed by atoms with E-state index in [-0.39, 0.29) is 0 Å². The first kappa shape index (κ1) is 8.49. The fraction of sp³-hybridized carbons (Fsp3) is 0.538. The van der Waals surface area contributed by atoms with Crippen LogP contribution in [-0.4, -0.2) is 19.1 Å². The smallest absolute Gasteiger partial charge is 0.133 e. The molecule has 1 aromatic carbocycles. The van der Waals surface area contributed by atoms with Gasteiger partial charge in [-0.05, 0) is 12.1 Å². The zero-order valence-corrected chi connectivity index (χ0v) is 8.82. The zero-order chi connectivity index (χ0) is 9.60. The van der Waals surface area contributed by atoms with Crippen molar-refractivity contribution in [3.63, 3.8) is 0 Å². The summed E-state index contributed by atoms with van der Waals surface area (Å²) in [5.41, 5.74) is 1.53. The van der Waals surface area contributed by atoms with Crippen molar-refractivity contribution in [2.75, 3.05) is 7.05 Å². The van der Waals surface area contributed by atoms with Crippen LogP contribution in [0.3, 0.4) is 0 Å². The van der Waals surface area contributed by atoms with Crippen LogP contribution in [0, 0.1) is 0 Å². The molecule has 0 aliphatic heterocycles. The molecule has 0 heterocycles. The Morgan fingerprint density at radius 1 is 0.929 bits per heavy atom. The SMILES string of the molecule is C[N+](c1ccccc1)(C1CC1)C1CC1. The van der Waals surface area contributed by atoms with Gasteiger partial charge in [0.15, 0.2) is 0 Å². The standard InChI is InChI=1S/C13H18N/c1-14(12-7-8-12,13-9-10-13)11-5-3-2-4-6-11/h2-6,12-13H,7-10H2,1H3/q+1. The van der Waals surface area contributed by atoms with Crippen molar-refractivity contribution in [2.45, 2.75) is 37.8 Å². The second-order valence-corrected chi connectivity index (χ2v) is 4.95. The lowest BCUT2D eigenvalue weighted by Crippen LogP contribution is -2.49. The molecule has 3 rings (SSSR count). The van der Waals surface area contributed by atoms with Gasteiger partial charge in [-0.15, -0.1) is 0 Å². The van der Waals surface area contributed by atoms with E-state index >= 15 is 0 Å². The molecular weight excluding hydrogens is 170 g/mol. The molecule has 1 nitrogen and oxygen atoms in total. The van der Waals surface area contributed by atoms with E-state index in [1.165, 1.54) is 35.9 Å². The van der Waals surface area contributed by atoms with Crippen LogP contribution in [0.1, 0.15) is 25.7 Å². The van der Waals surface area contributed by atoms with Crippen molar-refractivity contribution < 1.29 is 0 Å². The average molecular weight is 188 g/mol. The van der Waals surface area contributed by atoms with Gasteiger partial charge in [0.2, 0.25) is 0 Å². The van der Waals surface area contributed by atoms with E-state index in [0.29, 0.717) is 0 Å². The summed E-state index contributed by atoms with van der Waals surface area (Å²) >= 11 is 0. The minimum Gasteiger partial charge on any atom is -0.289 e. The van der Waals surface area contributed by atoms with Crippen LogP contribution in [0.2, 0.25) is 0 Å². The Morgan fingerprint density at radius 2 is 1.43 bits per heavy atom. The van der Waals surface area contributed by atoms with Gasteiger partial charge in [0.25, 0.3) is 0 Å². The van der Waals surface area contributed by atoms with Crippen LogP contribution < -0.4 is 4.48 Å². The largest absolute Gasteiger partial charge is 0.289 e. The third kappa shape index (κ3) is 1.19. The Balaban J connectivity index is 1.98. The molecule has 0 spiro atoms. The van der Waals surface area contributed by atoms with Crippen molar-refractivity contribution >= 4 is 5.69 Å². The lowest BCUT2D eigenvalue weighted by atomic mass is 10.2. The molecule has 1 heteroatoms. The Kier molecular flexibility index (Phi) is 1.72. The zero-order valence-electron chi connectivity index (χ0n) is 8.82. The number of nitrogens with zero attached hydrogens (tertiary/aromatic N) is 1. The summed E-state index contributed by atoms with van der Waals surface area (Å²) in [5.74, 6) is 0. The third-order valence-electron chi connectivity index (χ3n) is 3.92. The van der Waals surface area contributed by atoms with Crippen LogP contribution in [0.4, 0.5) is 5.69 Å². The van der Waals surface area contributed by atoms with Crippen molar-refractivity contribution in [2.24, 2.45) is 0 Å². The predicted octanol–water partition coefficient (Wildman–Crippen LogP) is 2.95. The van der Waals surface area contributed by atoms with Gasteiger partial charge in [0.05, 0.1) is 19.1 Å². The molecule has 2 saturated carbocycles. The molecule has 1 aromatic rings. The number of hydrogen-bond donors (Lipinski definition) is 0. The molecule has 0 aromatic heterocycles. The molecule has 0 unspecified atom stereocenters. The van der Waals surface area contributed by atoms with Crippen molar-refractivity contribution in [1.82, 2.24) is 4.48 Å². The maximum atomic E-state index is 2.44. The van der Waals surface area contributed by atoms with E-state index in [1.54, 1.807) is 0 Å².